The third-order valence-electron chi connectivity index (χ3n) is 6.29. The summed E-state index contributed by atoms with van der Waals surface area (Å²) in [6.07, 6.45) is -3.65. The molecule has 2 aliphatic rings. The van der Waals surface area contributed by atoms with Crippen LogP contribution in [-0.2, 0) is 9.59 Å². The van der Waals surface area contributed by atoms with E-state index in [0.29, 0.717) is 16.4 Å². The minimum absolute atomic E-state index is 0.0117. The van der Waals surface area contributed by atoms with Crippen molar-refractivity contribution in [3.63, 3.8) is 0 Å². The van der Waals surface area contributed by atoms with Crippen molar-refractivity contribution in [3.05, 3.63) is 99.6 Å². The molecule has 1 aliphatic carbocycles. The van der Waals surface area contributed by atoms with Crippen molar-refractivity contribution >= 4 is 28.8 Å². The van der Waals surface area contributed by atoms with Gasteiger partial charge in [0, 0.05) is 35.7 Å². The Morgan fingerprint density at radius 3 is 2.56 bits per heavy atom. The predicted octanol–water partition coefficient (Wildman–Crippen LogP) is 5.65. The summed E-state index contributed by atoms with van der Waals surface area (Å²) < 4.78 is 47.1. The molecule has 1 aliphatic heterocycles. The lowest BCUT2D eigenvalue weighted by Gasteiger charge is -2.35. The predicted molar refractivity (Wildman–Crippen MR) is 122 cm³/mol. The molecule has 1 aromatic heterocycles. The van der Waals surface area contributed by atoms with Crippen molar-refractivity contribution in [3.8, 4) is 0 Å². The van der Waals surface area contributed by atoms with Crippen LogP contribution in [0.25, 0.3) is 0 Å². The molecule has 3 aromatic rings. The van der Waals surface area contributed by atoms with E-state index in [4.69, 9.17) is 4.42 Å². The van der Waals surface area contributed by atoms with Gasteiger partial charge in [-0.2, -0.15) is 13.2 Å². The Labute approximate surface area is 202 Å². The van der Waals surface area contributed by atoms with Crippen molar-refractivity contribution < 1.29 is 32.1 Å². The maximum Gasteiger partial charge on any atom is 0.471 e. The van der Waals surface area contributed by atoms with Crippen LogP contribution in [0.3, 0.4) is 0 Å². The van der Waals surface area contributed by atoms with Gasteiger partial charge in [0.05, 0.1) is 28.6 Å². The minimum Gasteiger partial charge on any atom is -0.469 e. The van der Waals surface area contributed by atoms with E-state index in [1.165, 1.54) is 42.7 Å². The lowest BCUT2D eigenvalue weighted by Crippen LogP contribution is -2.45. The van der Waals surface area contributed by atoms with E-state index in [1.807, 2.05) is 0 Å². The second kappa shape index (κ2) is 8.67. The summed E-state index contributed by atoms with van der Waals surface area (Å²) in [6, 6.07) is 12.7. The van der Waals surface area contributed by atoms with Crippen LogP contribution < -0.4 is 10.2 Å². The van der Waals surface area contributed by atoms with E-state index in [0.717, 1.165) is 6.07 Å². The summed E-state index contributed by atoms with van der Waals surface area (Å²) in [4.78, 5) is 37.7. The number of nitro benzene ring substituents is 1. The van der Waals surface area contributed by atoms with Gasteiger partial charge in [0.25, 0.3) is 5.69 Å². The van der Waals surface area contributed by atoms with Crippen molar-refractivity contribution in [2.75, 3.05) is 10.2 Å². The first-order valence-electron chi connectivity index (χ1n) is 11.0. The molecule has 5 rings (SSSR count). The van der Waals surface area contributed by atoms with Crippen LogP contribution in [0, 0.1) is 10.1 Å². The Morgan fingerprint density at radius 1 is 1.08 bits per heavy atom. The number of nitrogens with one attached hydrogen (secondary N) is 1. The lowest BCUT2D eigenvalue weighted by atomic mass is 9.80. The number of para-hydroxylation sites is 2. The smallest absolute Gasteiger partial charge is 0.469 e. The Hall–Kier alpha value is -4.41. The quantitative estimate of drug-likeness (QED) is 0.370. The molecule has 0 spiro atoms. The molecule has 1 amide bonds. The topological polar surface area (TPSA) is 106 Å². The minimum atomic E-state index is -5.27. The number of hydrogen-bond acceptors (Lipinski definition) is 6. The second-order valence-corrected chi connectivity index (χ2v) is 8.51. The van der Waals surface area contributed by atoms with Gasteiger partial charge in [0.1, 0.15) is 5.76 Å². The van der Waals surface area contributed by atoms with E-state index < -0.39 is 28.8 Å². The number of nitrogens with zero attached hydrogens (tertiary/aromatic N) is 2. The summed E-state index contributed by atoms with van der Waals surface area (Å²) in [5, 5.41) is 14.5. The average Bonchev–Trinajstić information content (AvgIpc) is 3.33. The maximum atomic E-state index is 13.9. The molecule has 0 radical (unpaired) electrons. The number of allylic oxidation sites excluding steroid dienone is 1. The Bertz CT molecular complexity index is 1400. The van der Waals surface area contributed by atoms with E-state index in [2.05, 4.69) is 5.32 Å². The SMILES string of the molecule is O=C1C[C@H](c2ccco2)CC2=C1[C@@H](c1cccc([N+](=O)[O-])c1)N(C(=O)C(F)(F)F)c1ccccc1N2. The number of anilines is 2. The van der Waals surface area contributed by atoms with Crippen molar-refractivity contribution in [2.45, 2.75) is 31.0 Å². The molecule has 8 nitrogen and oxygen atoms in total. The molecule has 36 heavy (non-hydrogen) atoms. The van der Waals surface area contributed by atoms with Crippen LogP contribution in [-0.4, -0.2) is 22.8 Å². The standard InChI is InChI=1S/C25H18F3N3O5/c26-25(27,28)24(33)30-19-8-2-1-7-17(19)29-18-12-15(21-9-4-10-36-21)13-20(32)22(18)23(30)14-5-3-6-16(11-14)31(34)35/h1-11,15,23,29H,12-13H2/t15-,23-/m1/s1. The highest BCUT2D eigenvalue weighted by Crippen LogP contribution is 2.48. The number of hydrogen-bond donors (Lipinski definition) is 1. The average molecular weight is 497 g/mol. The van der Waals surface area contributed by atoms with Crippen LogP contribution in [0.5, 0.6) is 0 Å². The van der Waals surface area contributed by atoms with Crippen LogP contribution in [0.4, 0.5) is 30.2 Å². The first kappa shape index (κ1) is 23.3. The molecule has 11 heteroatoms. The van der Waals surface area contributed by atoms with Crippen molar-refractivity contribution in [2.24, 2.45) is 0 Å². The summed E-state index contributed by atoms with van der Waals surface area (Å²) >= 11 is 0. The Kier molecular flexibility index (Phi) is 5.62. The molecule has 0 saturated carbocycles. The fourth-order valence-electron chi connectivity index (χ4n) is 4.80. The number of nitro groups is 1. The van der Waals surface area contributed by atoms with E-state index in [9.17, 15) is 32.9 Å². The number of rotatable bonds is 3. The number of halogens is 3. The number of non-ortho nitro benzene ring substituents is 1. The van der Waals surface area contributed by atoms with Crippen LogP contribution in [0.15, 0.2) is 82.6 Å². The van der Waals surface area contributed by atoms with Crippen molar-refractivity contribution in [1.29, 1.82) is 0 Å². The van der Waals surface area contributed by atoms with E-state index in [1.54, 1.807) is 18.2 Å². The molecule has 2 aromatic carbocycles. The number of furan rings is 1. The molecule has 0 unspecified atom stereocenters. The summed E-state index contributed by atoms with van der Waals surface area (Å²) in [6.45, 7) is 0. The first-order chi connectivity index (χ1) is 17.1. The van der Waals surface area contributed by atoms with E-state index >= 15 is 0 Å². The molecule has 1 N–H and O–H groups in total. The zero-order valence-corrected chi connectivity index (χ0v) is 18.5. The number of fused-ring (bicyclic) bond motifs is 1. The summed E-state index contributed by atoms with van der Waals surface area (Å²) in [7, 11) is 0. The highest BCUT2D eigenvalue weighted by Gasteiger charge is 2.50. The van der Waals surface area contributed by atoms with Crippen LogP contribution in [0.1, 0.15) is 36.1 Å². The van der Waals surface area contributed by atoms with Gasteiger partial charge in [-0.1, -0.05) is 24.3 Å². The molecule has 0 fully saturated rings. The third-order valence-corrected chi connectivity index (χ3v) is 6.29. The van der Waals surface area contributed by atoms with Gasteiger partial charge in [-0.3, -0.25) is 24.6 Å². The molecule has 184 valence electrons. The van der Waals surface area contributed by atoms with Gasteiger partial charge < -0.3 is 9.73 Å². The Morgan fingerprint density at radius 2 is 1.86 bits per heavy atom. The molecular weight excluding hydrogens is 479 g/mol. The van der Waals surface area contributed by atoms with Gasteiger partial charge in [0.15, 0.2) is 5.78 Å². The van der Waals surface area contributed by atoms with Gasteiger partial charge >= 0.3 is 12.1 Å². The summed E-state index contributed by atoms with van der Waals surface area (Å²) in [5.74, 6) is -2.51. The van der Waals surface area contributed by atoms with Gasteiger partial charge in [0.2, 0.25) is 0 Å². The van der Waals surface area contributed by atoms with Crippen LogP contribution in [0.2, 0.25) is 0 Å². The third kappa shape index (κ3) is 4.02. The van der Waals surface area contributed by atoms with Gasteiger partial charge in [-0.25, -0.2) is 0 Å². The Balaban J connectivity index is 1.77. The largest absolute Gasteiger partial charge is 0.471 e. The number of carbonyl (C=O) groups is 2. The highest BCUT2D eigenvalue weighted by atomic mass is 19.4. The maximum absolute atomic E-state index is 13.9. The lowest BCUT2D eigenvalue weighted by molar-refractivity contribution is -0.384. The van der Waals surface area contributed by atoms with Gasteiger partial charge in [-0.05, 0) is 36.2 Å². The zero-order chi connectivity index (χ0) is 25.6. The second-order valence-electron chi connectivity index (χ2n) is 8.51. The molecule has 2 heterocycles. The summed E-state index contributed by atoms with van der Waals surface area (Å²) in [5.41, 5.74) is 0.00608. The highest BCUT2D eigenvalue weighted by molar-refractivity contribution is 6.07. The fraction of sp³-hybridized carbons (Fsp3) is 0.200. The number of alkyl halides is 3. The number of carbonyl (C=O) groups excluding carboxylic acids is 2. The van der Waals surface area contributed by atoms with E-state index in [-0.39, 0.29) is 47.0 Å². The van der Waals surface area contributed by atoms with Crippen LogP contribution >= 0.6 is 0 Å². The molecule has 2 atom stereocenters. The normalized spacial score (nSPS) is 19.8. The number of ketones is 1. The molecular formula is C25H18F3N3O5. The monoisotopic (exact) mass is 497 g/mol. The zero-order valence-electron chi connectivity index (χ0n) is 18.5. The number of Topliss-reactive ketones (excluding diaryl/α,β-unsaturated/α-hetero) is 1. The number of amides is 1. The number of benzene rings is 2. The van der Waals surface area contributed by atoms with Gasteiger partial charge in [-0.15, -0.1) is 0 Å². The molecule has 0 bridgehead atoms. The molecule has 0 saturated heterocycles. The first-order valence-corrected chi connectivity index (χ1v) is 11.0. The van der Waals surface area contributed by atoms with Crippen molar-refractivity contribution in [1.82, 2.24) is 0 Å². The fourth-order valence-corrected chi connectivity index (χ4v) is 4.80.